The molecule has 1 unspecified atom stereocenters. The first-order valence-electron chi connectivity index (χ1n) is 9.05. The standard InChI is InChI=1S/C21H22N4O2/c1-25-20(22-13-23-25)19(15-9-10-15)24-21(26)16-11-7-14(8-12-16)17-5-3-4-6-18(17)27-2/h3-8,11-13,15,19H,9-10H2,1-2H3,(H,24,26). The number of carbonyl (C=O) groups excluding carboxylic acids is 1. The van der Waals surface area contributed by atoms with Gasteiger partial charge in [0.2, 0.25) is 0 Å². The summed E-state index contributed by atoms with van der Waals surface area (Å²) in [5, 5.41) is 7.26. The van der Waals surface area contributed by atoms with Gasteiger partial charge in [-0.2, -0.15) is 5.10 Å². The van der Waals surface area contributed by atoms with Crippen molar-refractivity contribution in [3.8, 4) is 16.9 Å². The number of methoxy groups -OCH3 is 1. The summed E-state index contributed by atoms with van der Waals surface area (Å²) in [5.74, 6) is 1.95. The number of amides is 1. The van der Waals surface area contributed by atoms with Gasteiger partial charge in [0, 0.05) is 18.2 Å². The van der Waals surface area contributed by atoms with Gasteiger partial charge in [0.05, 0.1) is 13.2 Å². The van der Waals surface area contributed by atoms with E-state index in [2.05, 4.69) is 15.4 Å². The lowest BCUT2D eigenvalue weighted by Gasteiger charge is -2.17. The van der Waals surface area contributed by atoms with Crippen molar-refractivity contribution in [3.05, 3.63) is 66.2 Å². The highest BCUT2D eigenvalue weighted by Crippen LogP contribution is 2.40. The highest BCUT2D eigenvalue weighted by Gasteiger charge is 2.36. The van der Waals surface area contributed by atoms with Gasteiger partial charge >= 0.3 is 0 Å². The van der Waals surface area contributed by atoms with Crippen LogP contribution in [0, 0.1) is 5.92 Å². The minimum atomic E-state index is -0.0982. The minimum absolute atomic E-state index is 0.0959. The van der Waals surface area contributed by atoms with Crippen LogP contribution in [0.1, 0.15) is 35.1 Å². The normalized spacial score (nSPS) is 14.6. The summed E-state index contributed by atoms with van der Waals surface area (Å²) in [4.78, 5) is 17.1. The third-order valence-electron chi connectivity index (χ3n) is 4.97. The number of benzene rings is 2. The molecule has 138 valence electrons. The number of rotatable bonds is 6. The summed E-state index contributed by atoms with van der Waals surface area (Å²) >= 11 is 0. The Morgan fingerprint density at radius 2 is 1.93 bits per heavy atom. The number of aromatic nitrogens is 3. The molecule has 1 fully saturated rings. The van der Waals surface area contributed by atoms with Crippen molar-refractivity contribution in [1.82, 2.24) is 20.1 Å². The van der Waals surface area contributed by atoms with Crippen LogP contribution in [-0.4, -0.2) is 27.8 Å². The molecule has 0 radical (unpaired) electrons. The average Bonchev–Trinajstić information content (AvgIpc) is 3.47. The van der Waals surface area contributed by atoms with Crippen LogP contribution in [-0.2, 0) is 7.05 Å². The molecular weight excluding hydrogens is 340 g/mol. The predicted octanol–water partition coefficient (Wildman–Crippen LogP) is 3.37. The first-order valence-corrected chi connectivity index (χ1v) is 9.05. The summed E-state index contributed by atoms with van der Waals surface area (Å²) < 4.78 is 7.15. The van der Waals surface area contributed by atoms with E-state index in [0.717, 1.165) is 35.5 Å². The molecule has 1 saturated carbocycles. The van der Waals surface area contributed by atoms with Gasteiger partial charge in [-0.05, 0) is 42.5 Å². The summed E-state index contributed by atoms with van der Waals surface area (Å²) in [7, 11) is 3.51. The zero-order valence-corrected chi connectivity index (χ0v) is 15.4. The van der Waals surface area contributed by atoms with E-state index in [0.29, 0.717) is 11.5 Å². The summed E-state index contributed by atoms with van der Waals surface area (Å²) in [6.45, 7) is 0. The Morgan fingerprint density at radius 3 is 2.56 bits per heavy atom. The molecular formula is C21H22N4O2. The number of hydrogen-bond donors (Lipinski definition) is 1. The lowest BCUT2D eigenvalue weighted by atomic mass is 10.0. The third kappa shape index (κ3) is 3.56. The van der Waals surface area contributed by atoms with E-state index in [4.69, 9.17) is 4.74 Å². The fourth-order valence-corrected chi connectivity index (χ4v) is 3.32. The smallest absolute Gasteiger partial charge is 0.251 e. The molecule has 1 amide bonds. The maximum absolute atomic E-state index is 12.8. The van der Waals surface area contributed by atoms with E-state index in [1.807, 2.05) is 55.6 Å². The maximum Gasteiger partial charge on any atom is 0.251 e. The van der Waals surface area contributed by atoms with Crippen LogP contribution >= 0.6 is 0 Å². The molecule has 1 N–H and O–H groups in total. The van der Waals surface area contributed by atoms with Gasteiger partial charge in [0.1, 0.15) is 17.9 Å². The Kier molecular flexibility index (Phi) is 4.62. The van der Waals surface area contributed by atoms with Gasteiger partial charge in [-0.1, -0.05) is 30.3 Å². The minimum Gasteiger partial charge on any atom is -0.496 e. The van der Waals surface area contributed by atoms with Crippen molar-refractivity contribution in [2.45, 2.75) is 18.9 Å². The van der Waals surface area contributed by atoms with Crippen molar-refractivity contribution in [3.63, 3.8) is 0 Å². The summed E-state index contributed by atoms with van der Waals surface area (Å²) in [5.41, 5.74) is 2.64. The van der Waals surface area contributed by atoms with Crippen LogP contribution in [0.4, 0.5) is 0 Å². The molecule has 1 heterocycles. The van der Waals surface area contributed by atoms with Gasteiger partial charge in [-0.15, -0.1) is 0 Å². The number of nitrogens with zero attached hydrogens (tertiary/aromatic N) is 3. The van der Waals surface area contributed by atoms with E-state index in [-0.39, 0.29) is 11.9 Å². The molecule has 4 rings (SSSR count). The molecule has 6 heteroatoms. The molecule has 1 aromatic heterocycles. The van der Waals surface area contributed by atoms with Gasteiger partial charge in [-0.3, -0.25) is 9.48 Å². The van der Waals surface area contributed by atoms with Gasteiger partial charge in [0.15, 0.2) is 0 Å². The number of nitrogens with one attached hydrogen (secondary N) is 1. The van der Waals surface area contributed by atoms with Crippen LogP contribution in [0.3, 0.4) is 0 Å². The highest BCUT2D eigenvalue weighted by molar-refractivity contribution is 5.95. The first kappa shape index (κ1) is 17.3. The molecule has 1 aliphatic rings. The van der Waals surface area contributed by atoms with E-state index in [9.17, 15) is 4.79 Å². The molecule has 6 nitrogen and oxygen atoms in total. The van der Waals surface area contributed by atoms with Crippen molar-refractivity contribution in [2.75, 3.05) is 7.11 Å². The molecule has 3 aromatic rings. The van der Waals surface area contributed by atoms with E-state index in [1.54, 1.807) is 11.8 Å². The molecule has 2 aromatic carbocycles. The van der Waals surface area contributed by atoms with Crippen molar-refractivity contribution < 1.29 is 9.53 Å². The number of para-hydroxylation sites is 1. The third-order valence-corrected chi connectivity index (χ3v) is 4.97. The Hall–Kier alpha value is -3.15. The molecule has 1 aliphatic carbocycles. The molecule has 1 atom stereocenters. The molecule has 27 heavy (non-hydrogen) atoms. The Labute approximate surface area is 158 Å². The Morgan fingerprint density at radius 1 is 1.19 bits per heavy atom. The fraction of sp³-hybridized carbons (Fsp3) is 0.286. The molecule has 0 bridgehead atoms. The number of aryl methyl sites for hydroxylation is 1. The Bertz CT molecular complexity index is 945. The predicted molar refractivity (Wildman–Crippen MR) is 102 cm³/mol. The summed E-state index contributed by atoms with van der Waals surface area (Å²) in [6, 6.07) is 15.3. The quantitative estimate of drug-likeness (QED) is 0.730. The fourth-order valence-electron chi connectivity index (χ4n) is 3.32. The zero-order chi connectivity index (χ0) is 18.8. The van der Waals surface area contributed by atoms with Crippen LogP contribution in [0.5, 0.6) is 5.75 Å². The van der Waals surface area contributed by atoms with Gasteiger partial charge in [-0.25, -0.2) is 4.98 Å². The van der Waals surface area contributed by atoms with E-state index in [1.165, 1.54) is 6.33 Å². The van der Waals surface area contributed by atoms with Crippen LogP contribution in [0.2, 0.25) is 0 Å². The monoisotopic (exact) mass is 362 g/mol. The number of ether oxygens (including phenoxy) is 1. The first-order chi connectivity index (χ1) is 13.2. The van der Waals surface area contributed by atoms with Crippen molar-refractivity contribution in [1.29, 1.82) is 0 Å². The second-order valence-corrected chi connectivity index (χ2v) is 6.81. The maximum atomic E-state index is 12.8. The van der Waals surface area contributed by atoms with Crippen molar-refractivity contribution >= 4 is 5.91 Å². The second kappa shape index (κ2) is 7.23. The molecule has 0 spiro atoms. The van der Waals surface area contributed by atoms with E-state index >= 15 is 0 Å². The average molecular weight is 362 g/mol. The second-order valence-electron chi connectivity index (χ2n) is 6.81. The topological polar surface area (TPSA) is 69.0 Å². The van der Waals surface area contributed by atoms with E-state index < -0.39 is 0 Å². The largest absolute Gasteiger partial charge is 0.496 e. The lowest BCUT2D eigenvalue weighted by Crippen LogP contribution is -2.31. The zero-order valence-electron chi connectivity index (χ0n) is 15.4. The molecule has 0 saturated heterocycles. The van der Waals surface area contributed by atoms with Crippen LogP contribution in [0.15, 0.2) is 54.9 Å². The van der Waals surface area contributed by atoms with Gasteiger partial charge in [0.25, 0.3) is 5.91 Å². The molecule has 0 aliphatic heterocycles. The highest BCUT2D eigenvalue weighted by atomic mass is 16.5. The SMILES string of the molecule is COc1ccccc1-c1ccc(C(=O)NC(c2ncnn2C)C2CC2)cc1. The van der Waals surface area contributed by atoms with Gasteiger partial charge < -0.3 is 10.1 Å². The van der Waals surface area contributed by atoms with Crippen molar-refractivity contribution in [2.24, 2.45) is 13.0 Å². The number of hydrogen-bond acceptors (Lipinski definition) is 4. The number of carbonyl (C=O) groups is 1. The summed E-state index contributed by atoms with van der Waals surface area (Å²) in [6.07, 6.45) is 3.73. The lowest BCUT2D eigenvalue weighted by molar-refractivity contribution is 0.0929. The van der Waals surface area contributed by atoms with Crippen LogP contribution in [0.25, 0.3) is 11.1 Å². The Balaban J connectivity index is 1.53. The van der Waals surface area contributed by atoms with Crippen LogP contribution < -0.4 is 10.1 Å².